The van der Waals surface area contributed by atoms with Gasteiger partial charge in [-0.25, -0.2) is 4.98 Å². The van der Waals surface area contributed by atoms with Gasteiger partial charge in [-0.1, -0.05) is 38.5 Å². The Morgan fingerprint density at radius 3 is 2.83 bits per heavy atom. The van der Waals surface area contributed by atoms with E-state index in [2.05, 4.69) is 15.3 Å². The number of fused-ring (bicyclic) bond motifs is 1. The molecule has 1 aromatic heterocycles. The number of nitrogens with two attached hydrogens (primary N) is 1. The lowest BCUT2D eigenvalue weighted by molar-refractivity contribution is -0.118. The molecule has 3 rings (SSSR count). The van der Waals surface area contributed by atoms with Crippen molar-refractivity contribution in [2.75, 3.05) is 16.0 Å². The maximum absolute atomic E-state index is 12.8. The van der Waals surface area contributed by atoms with Crippen molar-refractivity contribution in [1.82, 2.24) is 9.97 Å². The summed E-state index contributed by atoms with van der Waals surface area (Å²) < 4.78 is 0. The minimum atomic E-state index is -0.436. The second kappa shape index (κ2) is 6.35. The Morgan fingerprint density at radius 1 is 1.38 bits per heavy atom. The van der Waals surface area contributed by atoms with Crippen LogP contribution in [0.2, 0.25) is 0 Å². The zero-order valence-corrected chi connectivity index (χ0v) is 13.7. The van der Waals surface area contributed by atoms with E-state index >= 15 is 0 Å². The van der Waals surface area contributed by atoms with Crippen molar-refractivity contribution < 1.29 is 4.79 Å². The molecule has 0 aliphatic carbocycles. The maximum atomic E-state index is 12.8. The molecule has 2 heterocycles. The van der Waals surface area contributed by atoms with Crippen LogP contribution < -0.4 is 21.5 Å². The first-order valence-corrected chi connectivity index (χ1v) is 8.01. The smallest absolute Gasteiger partial charge is 0.275 e. The number of amides is 1. The summed E-state index contributed by atoms with van der Waals surface area (Å²) in [5.41, 5.74) is 6.98. The summed E-state index contributed by atoms with van der Waals surface area (Å²) in [5, 5.41) is 2.99. The molecule has 0 bridgehead atoms. The number of hydrogen-bond acceptors (Lipinski definition) is 5. The zero-order valence-electron chi connectivity index (χ0n) is 13.7. The molecule has 4 N–H and O–H groups in total. The van der Waals surface area contributed by atoms with Crippen molar-refractivity contribution in [2.45, 2.75) is 32.9 Å². The summed E-state index contributed by atoms with van der Waals surface area (Å²) in [6.07, 6.45) is 2.15. The lowest BCUT2D eigenvalue weighted by Crippen LogP contribution is -2.47. The quantitative estimate of drug-likeness (QED) is 0.796. The number of benzene rings is 1. The van der Waals surface area contributed by atoms with Crippen LogP contribution in [0.25, 0.3) is 0 Å². The fourth-order valence-corrected chi connectivity index (χ4v) is 2.95. The number of nitrogens with zero attached hydrogens (tertiary/aromatic N) is 2. The fourth-order valence-electron chi connectivity index (χ4n) is 2.95. The number of para-hydroxylation sites is 1. The Hall–Kier alpha value is -2.83. The SMILES string of the molecule is CCC(C)C1C(=O)Nc2ccccc2CN1c1ncc(N)c(=O)[nH]1. The summed E-state index contributed by atoms with van der Waals surface area (Å²) in [6.45, 7) is 4.52. The monoisotopic (exact) mass is 327 g/mol. The summed E-state index contributed by atoms with van der Waals surface area (Å²) >= 11 is 0. The second-order valence-corrected chi connectivity index (χ2v) is 6.10. The van der Waals surface area contributed by atoms with Crippen LogP contribution in [0.4, 0.5) is 17.3 Å². The third-order valence-corrected chi connectivity index (χ3v) is 4.49. The third kappa shape index (κ3) is 2.84. The van der Waals surface area contributed by atoms with Crippen molar-refractivity contribution in [3.63, 3.8) is 0 Å². The molecule has 1 aliphatic rings. The van der Waals surface area contributed by atoms with Gasteiger partial charge in [0.1, 0.15) is 11.7 Å². The molecule has 7 heteroatoms. The molecule has 2 unspecified atom stereocenters. The van der Waals surface area contributed by atoms with Gasteiger partial charge in [0.15, 0.2) is 0 Å². The highest BCUT2D eigenvalue weighted by atomic mass is 16.2. The summed E-state index contributed by atoms with van der Waals surface area (Å²) in [5.74, 6) is 0.335. The van der Waals surface area contributed by atoms with Crippen LogP contribution in [0.1, 0.15) is 25.8 Å². The number of carbonyl (C=O) groups excluding carboxylic acids is 1. The first-order chi connectivity index (χ1) is 11.5. The first-order valence-electron chi connectivity index (χ1n) is 8.01. The molecule has 24 heavy (non-hydrogen) atoms. The Kier molecular flexibility index (Phi) is 4.24. The van der Waals surface area contributed by atoms with Crippen molar-refractivity contribution in [3.05, 3.63) is 46.4 Å². The average molecular weight is 327 g/mol. The van der Waals surface area contributed by atoms with Gasteiger partial charge in [-0.3, -0.25) is 14.6 Å². The second-order valence-electron chi connectivity index (χ2n) is 6.10. The molecule has 2 atom stereocenters. The Morgan fingerprint density at radius 2 is 2.12 bits per heavy atom. The van der Waals surface area contributed by atoms with Crippen molar-refractivity contribution in [3.8, 4) is 0 Å². The van der Waals surface area contributed by atoms with Gasteiger partial charge in [-0.05, 0) is 17.5 Å². The van der Waals surface area contributed by atoms with Crippen molar-refractivity contribution >= 4 is 23.2 Å². The molecule has 0 spiro atoms. The van der Waals surface area contributed by atoms with Crippen molar-refractivity contribution in [1.29, 1.82) is 0 Å². The Labute approximate surface area is 139 Å². The Bertz CT molecular complexity index is 817. The minimum Gasteiger partial charge on any atom is -0.393 e. The van der Waals surface area contributed by atoms with E-state index in [0.717, 1.165) is 17.7 Å². The number of nitrogen functional groups attached to an aromatic ring is 1. The summed E-state index contributed by atoms with van der Waals surface area (Å²) in [6, 6.07) is 7.21. The van der Waals surface area contributed by atoms with Gasteiger partial charge < -0.3 is 16.0 Å². The standard InChI is InChI=1S/C17H21N5O2/c1-3-10(2)14-16(24)20-13-7-5-4-6-11(13)9-22(14)17-19-8-12(18)15(23)21-17/h4-8,10,14H,3,9,18H2,1-2H3,(H,20,24)(H,19,21,23). The van der Waals surface area contributed by atoms with Crippen LogP contribution in [0.3, 0.4) is 0 Å². The molecule has 2 aromatic rings. The van der Waals surface area contributed by atoms with Gasteiger partial charge in [0.05, 0.1) is 6.20 Å². The minimum absolute atomic E-state index is 0.0542. The first kappa shape index (κ1) is 16.0. The van der Waals surface area contributed by atoms with E-state index < -0.39 is 11.6 Å². The normalized spacial score (nSPS) is 18.5. The predicted molar refractivity (Wildman–Crippen MR) is 93.8 cm³/mol. The fraction of sp³-hybridized carbons (Fsp3) is 0.353. The number of aromatic nitrogens is 2. The van der Waals surface area contributed by atoms with E-state index in [1.165, 1.54) is 6.20 Å². The molecule has 0 saturated heterocycles. The number of anilines is 3. The van der Waals surface area contributed by atoms with E-state index in [4.69, 9.17) is 5.73 Å². The van der Waals surface area contributed by atoms with Crippen LogP contribution in [-0.2, 0) is 11.3 Å². The third-order valence-electron chi connectivity index (χ3n) is 4.49. The van der Waals surface area contributed by atoms with E-state index in [-0.39, 0.29) is 17.5 Å². The van der Waals surface area contributed by atoms with Gasteiger partial charge >= 0.3 is 0 Å². The molecule has 1 aromatic carbocycles. The van der Waals surface area contributed by atoms with Gasteiger partial charge in [-0.2, -0.15) is 0 Å². The molecule has 7 nitrogen and oxygen atoms in total. The van der Waals surface area contributed by atoms with Gasteiger partial charge in [0, 0.05) is 12.2 Å². The number of rotatable bonds is 3. The number of carbonyl (C=O) groups is 1. The molecule has 126 valence electrons. The highest BCUT2D eigenvalue weighted by Gasteiger charge is 2.35. The average Bonchev–Trinajstić information content (AvgIpc) is 2.72. The Balaban J connectivity index is 2.11. The summed E-state index contributed by atoms with van der Waals surface area (Å²) in [4.78, 5) is 33.5. The lowest BCUT2D eigenvalue weighted by atomic mass is 9.97. The number of H-pyrrole nitrogens is 1. The highest BCUT2D eigenvalue weighted by molar-refractivity contribution is 5.98. The number of nitrogens with one attached hydrogen (secondary N) is 2. The van der Waals surface area contributed by atoms with Gasteiger partial charge in [0.25, 0.3) is 5.56 Å². The van der Waals surface area contributed by atoms with E-state index in [9.17, 15) is 9.59 Å². The van der Waals surface area contributed by atoms with Gasteiger partial charge in [0.2, 0.25) is 11.9 Å². The van der Waals surface area contributed by atoms with Crippen LogP contribution in [0.15, 0.2) is 35.3 Å². The van der Waals surface area contributed by atoms with Gasteiger partial charge in [-0.15, -0.1) is 0 Å². The van der Waals surface area contributed by atoms with E-state index in [1.54, 1.807) is 0 Å². The zero-order chi connectivity index (χ0) is 17.3. The lowest BCUT2D eigenvalue weighted by Gasteiger charge is -2.32. The number of aromatic amines is 1. The van der Waals surface area contributed by atoms with E-state index in [1.807, 2.05) is 43.0 Å². The highest BCUT2D eigenvalue weighted by Crippen LogP contribution is 2.29. The van der Waals surface area contributed by atoms with E-state index in [0.29, 0.717) is 12.5 Å². The molecular weight excluding hydrogens is 306 g/mol. The largest absolute Gasteiger partial charge is 0.393 e. The summed E-state index contributed by atoms with van der Waals surface area (Å²) in [7, 11) is 0. The van der Waals surface area contributed by atoms with Crippen LogP contribution in [-0.4, -0.2) is 21.9 Å². The molecule has 0 saturated carbocycles. The van der Waals surface area contributed by atoms with Crippen molar-refractivity contribution in [2.24, 2.45) is 5.92 Å². The van der Waals surface area contributed by atoms with Crippen LogP contribution in [0.5, 0.6) is 0 Å². The molecular formula is C17H21N5O2. The number of hydrogen-bond donors (Lipinski definition) is 3. The molecule has 0 fully saturated rings. The maximum Gasteiger partial charge on any atom is 0.275 e. The predicted octanol–water partition coefficient (Wildman–Crippen LogP) is 1.73. The van der Waals surface area contributed by atoms with Crippen LogP contribution in [0, 0.1) is 5.92 Å². The molecule has 0 radical (unpaired) electrons. The topological polar surface area (TPSA) is 104 Å². The molecule has 1 aliphatic heterocycles. The molecule has 1 amide bonds. The van der Waals surface area contributed by atoms with Crippen LogP contribution >= 0.6 is 0 Å².